The number of nitrogens with zero attached hydrogens (tertiary/aromatic N) is 4. The number of anilines is 1. The Bertz CT molecular complexity index is 1900. The smallest absolute Gasteiger partial charge is 0.416 e. The summed E-state index contributed by atoms with van der Waals surface area (Å²) in [5, 5.41) is 13.8. The van der Waals surface area contributed by atoms with E-state index in [0.29, 0.717) is 16.8 Å². The van der Waals surface area contributed by atoms with E-state index in [4.69, 9.17) is 9.84 Å². The molecule has 0 bridgehead atoms. The number of halogens is 3. The molecule has 0 aliphatic rings. The number of benzene rings is 4. The van der Waals surface area contributed by atoms with Gasteiger partial charge in [-0.2, -0.15) is 22.9 Å². The number of rotatable bonds is 8. The fourth-order valence-corrected chi connectivity index (χ4v) is 4.31. The van der Waals surface area contributed by atoms with E-state index < -0.39 is 23.3 Å². The fourth-order valence-electron chi connectivity index (χ4n) is 4.31. The lowest BCUT2D eigenvalue weighted by Crippen LogP contribution is -2.20. The Hall–Kier alpha value is -5.45. The predicted octanol–water partition coefficient (Wildman–Crippen LogP) is 6.31. The first-order valence-corrected chi connectivity index (χ1v) is 13.0. The summed E-state index contributed by atoms with van der Waals surface area (Å²) in [5.74, 6) is -0.677. The fraction of sp³-hybridized carbons (Fsp3) is 0.125. The summed E-state index contributed by atoms with van der Waals surface area (Å²) in [4.78, 5) is 31.1. The number of ether oxygens (including phenoxy) is 1. The normalized spacial score (nSPS) is 11.7. The van der Waals surface area contributed by atoms with Crippen molar-refractivity contribution in [2.45, 2.75) is 12.8 Å². The number of aromatic nitrogens is 2. The van der Waals surface area contributed by atoms with Gasteiger partial charge in [0.15, 0.2) is 5.82 Å². The first-order chi connectivity index (χ1) is 20.5. The summed E-state index contributed by atoms with van der Waals surface area (Å²) < 4.78 is 47.6. The predicted molar refractivity (Wildman–Crippen MR) is 158 cm³/mol. The number of hydrogen-bond acceptors (Lipinski definition) is 6. The van der Waals surface area contributed by atoms with Crippen LogP contribution in [0, 0.1) is 0 Å². The van der Waals surface area contributed by atoms with E-state index in [1.807, 2.05) is 25.1 Å². The maximum Gasteiger partial charge on any atom is 0.416 e. The molecule has 0 spiro atoms. The second kappa shape index (κ2) is 11.8. The van der Waals surface area contributed by atoms with E-state index >= 15 is 0 Å². The molecule has 1 aromatic heterocycles. The van der Waals surface area contributed by atoms with Crippen molar-refractivity contribution in [3.8, 4) is 17.1 Å². The molecule has 218 valence electrons. The maximum absolute atomic E-state index is 13.5. The van der Waals surface area contributed by atoms with Crippen LogP contribution in [0.25, 0.3) is 22.3 Å². The van der Waals surface area contributed by atoms with Crippen LogP contribution in [-0.2, 0) is 12.8 Å². The summed E-state index contributed by atoms with van der Waals surface area (Å²) in [6.07, 6.45) is -3.20. The largest absolute Gasteiger partial charge is 0.488 e. The van der Waals surface area contributed by atoms with Crippen molar-refractivity contribution < 1.29 is 27.8 Å². The van der Waals surface area contributed by atoms with Crippen LogP contribution in [0.3, 0.4) is 0 Å². The van der Waals surface area contributed by atoms with Gasteiger partial charge in [0, 0.05) is 37.0 Å². The molecule has 0 atom stereocenters. The van der Waals surface area contributed by atoms with Gasteiger partial charge in [0.2, 0.25) is 0 Å². The van der Waals surface area contributed by atoms with Crippen LogP contribution in [0.5, 0.6) is 5.75 Å². The van der Waals surface area contributed by atoms with Gasteiger partial charge in [0.05, 0.1) is 28.2 Å². The average Bonchev–Trinajstić information content (AvgIpc) is 2.99. The van der Waals surface area contributed by atoms with Gasteiger partial charge in [-0.15, -0.1) is 0 Å². The molecular formula is C32H25F3N4O4. The number of alkyl halides is 3. The lowest BCUT2D eigenvalue weighted by Gasteiger charge is -2.16. The third kappa shape index (κ3) is 6.40. The quantitative estimate of drug-likeness (QED) is 0.214. The minimum atomic E-state index is -4.59. The topological polar surface area (TPSA) is 97.0 Å². The first kappa shape index (κ1) is 29.1. The van der Waals surface area contributed by atoms with Gasteiger partial charge in [-0.1, -0.05) is 36.4 Å². The number of hydrogen-bond donors (Lipinski definition) is 1. The minimum Gasteiger partial charge on any atom is -0.488 e. The molecule has 0 unspecified atom stereocenters. The molecule has 0 radical (unpaired) electrons. The standard InChI is InChI=1S/C32H25F3N4O4/c1-38(2)25-15-14-23(28(17-25)43-19-20-10-12-21(13-11-20)31(41)42)18-36-39-29(22-6-5-7-24(16-22)32(33,34)35)37-27-9-4-3-8-26(27)30(39)40/h3-18H,19H2,1-2H3,(H,41,42). The molecule has 0 amide bonds. The zero-order valence-electron chi connectivity index (χ0n) is 23.0. The van der Waals surface area contributed by atoms with Crippen LogP contribution in [0.15, 0.2) is 101 Å². The number of carbonyl (C=O) groups is 1. The number of para-hydroxylation sites is 1. The molecule has 5 rings (SSSR count). The van der Waals surface area contributed by atoms with Crippen LogP contribution >= 0.6 is 0 Å². The number of carboxylic acids is 1. The summed E-state index contributed by atoms with van der Waals surface area (Å²) in [7, 11) is 3.72. The molecule has 1 heterocycles. The molecule has 0 fully saturated rings. The molecule has 0 saturated carbocycles. The Morgan fingerprint density at radius 1 is 1.00 bits per heavy atom. The van der Waals surface area contributed by atoms with Crippen LogP contribution in [0.4, 0.5) is 18.9 Å². The van der Waals surface area contributed by atoms with Crippen molar-refractivity contribution >= 4 is 28.8 Å². The van der Waals surface area contributed by atoms with Gasteiger partial charge < -0.3 is 14.7 Å². The van der Waals surface area contributed by atoms with Crippen molar-refractivity contribution in [1.29, 1.82) is 0 Å². The van der Waals surface area contributed by atoms with Crippen molar-refractivity contribution in [1.82, 2.24) is 9.66 Å². The molecular weight excluding hydrogens is 561 g/mol. The Kier molecular flexibility index (Phi) is 7.98. The highest BCUT2D eigenvalue weighted by Crippen LogP contribution is 2.32. The van der Waals surface area contributed by atoms with Gasteiger partial charge >= 0.3 is 12.1 Å². The Morgan fingerprint density at radius 2 is 1.74 bits per heavy atom. The van der Waals surface area contributed by atoms with Gasteiger partial charge in [0.25, 0.3) is 5.56 Å². The van der Waals surface area contributed by atoms with Gasteiger partial charge in [-0.25, -0.2) is 9.78 Å². The number of aromatic carboxylic acids is 1. The third-order valence-corrected chi connectivity index (χ3v) is 6.62. The SMILES string of the molecule is CN(C)c1ccc(C=Nn2c(-c3cccc(C(F)(F)F)c3)nc3ccccc3c2=O)c(OCc2ccc(C(=O)O)cc2)c1. The van der Waals surface area contributed by atoms with Crippen LogP contribution in [0.2, 0.25) is 0 Å². The summed E-state index contributed by atoms with van der Waals surface area (Å²) >= 11 is 0. The number of fused-ring (bicyclic) bond motifs is 1. The van der Waals surface area contributed by atoms with Crippen molar-refractivity contribution in [3.63, 3.8) is 0 Å². The third-order valence-electron chi connectivity index (χ3n) is 6.62. The van der Waals surface area contributed by atoms with Crippen molar-refractivity contribution in [3.05, 3.63) is 124 Å². The van der Waals surface area contributed by atoms with Crippen molar-refractivity contribution in [2.24, 2.45) is 5.10 Å². The second-order valence-corrected chi connectivity index (χ2v) is 9.80. The first-order valence-electron chi connectivity index (χ1n) is 13.0. The van der Waals surface area contributed by atoms with Gasteiger partial charge in [-0.05, 0) is 54.1 Å². The zero-order chi connectivity index (χ0) is 30.7. The van der Waals surface area contributed by atoms with Gasteiger partial charge in [-0.3, -0.25) is 4.79 Å². The van der Waals surface area contributed by atoms with Crippen LogP contribution < -0.4 is 15.2 Å². The zero-order valence-corrected chi connectivity index (χ0v) is 23.0. The minimum absolute atomic E-state index is 0.0584. The lowest BCUT2D eigenvalue weighted by molar-refractivity contribution is -0.137. The van der Waals surface area contributed by atoms with E-state index in [-0.39, 0.29) is 28.9 Å². The van der Waals surface area contributed by atoms with E-state index in [1.54, 1.807) is 48.5 Å². The molecule has 0 aliphatic heterocycles. The number of carboxylic acid groups (broad SMARTS) is 1. The molecule has 0 aliphatic carbocycles. The summed E-state index contributed by atoms with van der Waals surface area (Å²) in [6.45, 7) is 0.116. The second-order valence-electron chi connectivity index (χ2n) is 9.80. The average molecular weight is 587 g/mol. The molecule has 8 nitrogen and oxygen atoms in total. The van der Waals surface area contributed by atoms with E-state index in [0.717, 1.165) is 28.1 Å². The van der Waals surface area contributed by atoms with Gasteiger partial charge in [0.1, 0.15) is 12.4 Å². The summed E-state index contributed by atoms with van der Waals surface area (Å²) in [5.41, 5.74) is 1.14. The molecule has 0 saturated heterocycles. The maximum atomic E-state index is 13.5. The molecule has 4 aromatic carbocycles. The van der Waals surface area contributed by atoms with Crippen LogP contribution in [-0.4, -0.2) is 41.0 Å². The van der Waals surface area contributed by atoms with Crippen molar-refractivity contribution in [2.75, 3.05) is 19.0 Å². The molecule has 11 heteroatoms. The Balaban J connectivity index is 1.58. The highest BCUT2D eigenvalue weighted by molar-refractivity contribution is 5.87. The lowest BCUT2D eigenvalue weighted by atomic mass is 10.1. The van der Waals surface area contributed by atoms with E-state index in [9.17, 15) is 22.8 Å². The Labute approximate surface area is 243 Å². The monoisotopic (exact) mass is 586 g/mol. The van der Waals surface area contributed by atoms with E-state index in [1.165, 1.54) is 30.5 Å². The summed E-state index contributed by atoms with van der Waals surface area (Å²) in [6, 6.07) is 22.7. The highest BCUT2D eigenvalue weighted by atomic mass is 19.4. The van der Waals surface area contributed by atoms with Crippen LogP contribution in [0.1, 0.15) is 27.0 Å². The highest BCUT2D eigenvalue weighted by Gasteiger charge is 2.31. The Morgan fingerprint density at radius 3 is 2.44 bits per heavy atom. The molecule has 1 N–H and O–H groups in total. The van der Waals surface area contributed by atoms with E-state index in [2.05, 4.69) is 10.1 Å². The molecule has 43 heavy (non-hydrogen) atoms. The molecule has 5 aromatic rings.